The monoisotopic (exact) mass is 1420 g/mol. The number of carbonyl (C=O) groups excluding carboxylic acids is 8. The Hall–Kier alpha value is -8.07. The Bertz CT molecular complexity index is 3320. The summed E-state index contributed by atoms with van der Waals surface area (Å²) in [7, 11) is 7.50. The van der Waals surface area contributed by atoms with Crippen LogP contribution in [0, 0.1) is 41.4 Å². The van der Waals surface area contributed by atoms with Gasteiger partial charge in [0.25, 0.3) is 0 Å². The largest absolute Gasteiger partial charge is 0.479 e. The molecule has 1 aromatic heterocycles. The number of methoxy groups -OCH3 is 2. The first-order valence-electron chi connectivity index (χ1n) is 34.9. The Morgan fingerprint density at radius 1 is 0.802 bits per heavy atom. The van der Waals surface area contributed by atoms with Gasteiger partial charge in [-0.2, -0.15) is 0 Å². The number of ether oxygens (including phenoxy) is 6. The first-order valence-corrected chi connectivity index (χ1v) is 34.9. The second kappa shape index (κ2) is 36.7. The number of likely N-dealkylation sites (N-methyl/N-ethyl adjacent to an activating group) is 3. The number of likely N-dealkylation sites (tertiary alicyclic amines) is 1. The molecule has 1 saturated carbocycles. The maximum Gasteiger partial charge on any atom is 0.410 e. The quantitative estimate of drug-likeness (QED) is 0.0419. The van der Waals surface area contributed by atoms with Crippen molar-refractivity contribution in [2.24, 2.45) is 41.4 Å². The Morgan fingerprint density at radius 3 is 2.13 bits per heavy atom. The van der Waals surface area contributed by atoms with E-state index in [2.05, 4.69) is 36.9 Å². The van der Waals surface area contributed by atoms with Crippen molar-refractivity contribution in [2.75, 3.05) is 60.4 Å². The van der Waals surface area contributed by atoms with Gasteiger partial charge in [-0.15, -0.1) is 5.10 Å². The number of carbonyl (C=O) groups is 9. The van der Waals surface area contributed by atoms with Crippen molar-refractivity contribution in [3.8, 4) is 5.75 Å². The van der Waals surface area contributed by atoms with E-state index in [1.54, 1.807) is 89.5 Å². The molecule has 4 aliphatic rings. The van der Waals surface area contributed by atoms with Gasteiger partial charge in [0.05, 0.1) is 72.5 Å². The fourth-order valence-corrected chi connectivity index (χ4v) is 14.2. The number of carboxylic acid groups (broad SMARTS) is 1. The third-order valence-corrected chi connectivity index (χ3v) is 20.3. The fourth-order valence-electron chi connectivity index (χ4n) is 14.2. The summed E-state index contributed by atoms with van der Waals surface area (Å²) in [4.78, 5) is 127. The highest BCUT2D eigenvalue weighted by molar-refractivity contribution is 5.93. The van der Waals surface area contributed by atoms with Crippen LogP contribution in [0.3, 0.4) is 0 Å². The van der Waals surface area contributed by atoms with Crippen LogP contribution in [0.2, 0.25) is 0 Å². The number of rotatable bonds is 33. The first kappa shape index (κ1) is 80.2. The van der Waals surface area contributed by atoms with Crippen LogP contribution < -0.4 is 31.3 Å². The summed E-state index contributed by atoms with van der Waals surface area (Å²) in [5, 5.41) is 74.5. The van der Waals surface area contributed by atoms with Gasteiger partial charge in [-0.25, -0.2) is 19.1 Å². The van der Waals surface area contributed by atoms with Gasteiger partial charge < -0.3 is 90.3 Å². The summed E-state index contributed by atoms with van der Waals surface area (Å²) in [5.74, 6) is -5.72. The zero-order chi connectivity index (χ0) is 74.3. The highest BCUT2D eigenvalue weighted by Crippen LogP contribution is 2.53. The van der Waals surface area contributed by atoms with Crippen LogP contribution in [0.15, 0.2) is 48.5 Å². The lowest BCUT2D eigenvalue weighted by molar-refractivity contribution is -0.271. The van der Waals surface area contributed by atoms with Crippen molar-refractivity contribution >= 4 is 59.3 Å². The highest BCUT2D eigenvalue weighted by atomic mass is 16.7. The van der Waals surface area contributed by atoms with E-state index < -0.39 is 139 Å². The predicted molar refractivity (Wildman–Crippen MR) is 364 cm³/mol. The summed E-state index contributed by atoms with van der Waals surface area (Å²) in [6.07, 6.45) is -9.79. The number of carboxylic acids is 1. The van der Waals surface area contributed by atoms with Gasteiger partial charge in [0.2, 0.25) is 41.7 Å². The lowest BCUT2D eigenvalue weighted by Gasteiger charge is -2.41. The SMILES string of the molecule is CC[C@H](C)[C@@H]([C@@H](CC(=O)N1CCC[C@H]1[C@H](OC)[C@@H](C)C(=O)N[C@H](C)[C@@H](O)c1ccccc1)OC)N(C)C(=O)[C@@H](NC(=O)[C@H](C(C)C)N(C)C(=O)OCc1ccc(O[C@@H]2OC(C(=O)O)[C@@H](O)[C@H](O)C2O)c(NC(=O)CCNC(=O)OCC2C3CCc4nnn(CC(=O)NC)c4CCC32)c1)C(C)C. The van der Waals surface area contributed by atoms with E-state index >= 15 is 0 Å². The maximum absolute atomic E-state index is 14.9. The van der Waals surface area contributed by atoms with Gasteiger partial charge in [0.1, 0.15) is 49.3 Å². The third-order valence-electron chi connectivity index (χ3n) is 20.3. The van der Waals surface area contributed by atoms with Gasteiger partial charge in [-0.1, -0.05) is 96.5 Å². The minimum Gasteiger partial charge on any atom is -0.479 e. The summed E-state index contributed by atoms with van der Waals surface area (Å²) in [5.41, 5.74) is 2.55. The van der Waals surface area contributed by atoms with Crippen molar-refractivity contribution in [3.63, 3.8) is 0 Å². The molecule has 3 aromatic rings. The molecular formula is C70H105N11O20. The molecular weight excluding hydrogens is 1310 g/mol. The second-order valence-corrected chi connectivity index (χ2v) is 27.7. The smallest absolute Gasteiger partial charge is 0.410 e. The first-order chi connectivity index (χ1) is 48.0. The number of hydrogen-bond acceptors (Lipinski definition) is 21. The number of nitrogens with zero attached hydrogens (tertiary/aromatic N) is 6. The second-order valence-electron chi connectivity index (χ2n) is 27.7. The van der Waals surface area contributed by atoms with E-state index in [0.29, 0.717) is 56.0 Å². The van der Waals surface area contributed by atoms with Crippen molar-refractivity contribution in [2.45, 2.75) is 206 Å². The highest BCUT2D eigenvalue weighted by Gasteiger charge is 2.52. The predicted octanol–water partition coefficient (Wildman–Crippen LogP) is 2.68. The van der Waals surface area contributed by atoms with Crippen molar-refractivity contribution in [1.82, 2.24) is 51.0 Å². The van der Waals surface area contributed by atoms with E-state index in [9.17, 15) is 68.7 Å². The molecule has 2 aromatic carbocycles. The molecule has 0 radical (unpaired) electrons. The molecule has 560 valence electrons. The molecule has 10 N–H and O–H groups in total. The molecule has 8 amide bonds. The van der Waals surface area contributed by atoms with Crippen LogP contribution in [-0.2, 0) is 83.2 Å². The number of anilines is 1. The normalized spacial score (nSPS) is 23.6. The van der Waals surface area contributed by atoms with Crippen molar-refractivity contribution in [3.05, 3.63) is 71.0 Å². The summed E-state index contributed by atoms with van der Waals surface area (Å²) in [6, 6.07) is 8.95. The van der Waals surface area contributed by atoms with E-state index in [0.717, 1.165) is 29.1 Å². The number of nitrogens with one attached hydrogen (secondary N) is 5. The van der Waals surface area contributed by atoms with Crippen LogP contribution in [0.5, 0.6) is 5.75 Å². The lowest BCUT2D eigenvalue weighted by atomic mass is 9.89. The summed E-state index contributed by atoms with van der Waals surface area (Å²) in [6.45, 7) is 14.3. The molecule has 2 aliphatic heterocycles. The van der Waals surface area contributed by atoms with Gasteiger partial charge in [0, 0.05) is 54.9 Å². The number of benzene rings is 2. The Labute approximate surface area is 589 Å². The molecule has 31 nitrogen and oxygen atoms in total. The minimum atomic E-state index is -2.03. The van der Waals surface area contributed by atoms with Crippen LogP contribution in [-0.4, -0.2) is 237 Å². The van der Waals surface area contributed by atoms with E-state index in [1.165, 1.54) is 44.4 Å². The molecule has 101 heavy (non-hydrogen) atoms. The zero-order valence-corrected chi connectivity index (χ0v) is 60.1. The Kier molecular flexibility index (Phi) is 29.2. The van der Waals surface area contributed by atoms with Gasteiger partial charge in [-0.05, 0) is 104 Å². The Balaban J connectivity index is 0.967. The van der Waals surface area contributed by atoms with E-state index in [1.807, 2.05) is 19.9 Å². The number of alkyl carbamates (subject to hydrolysis) is 1. The third kappa shape index (κ3) is 20.2. The molecule has 31 heteroatoms. The fraction of sp³-hybridized carbons (Fsp3) is 0.671. The molecule has 3 heterocycles. The summed E-state index contributed by atoms with van der Waals surface area (Å²) >= 11 is 0. The molecule has 2 saturated heterocycles. The molecule has 0 bridgehead atoms. The van der Waals surface area contributed by atoms with Gasteiger partial charge >= 0.3 is 18.2 Å². The molecule has 3 fully saturated rings. The van der Waals surface area contributed by atoms with Crippen LogP contribution >= 0.6 is 0 Å². The van der Waals surface area contributed by atoms with E-state index in [-0.39, 0.29) is 79.1 Å². The number of aromatic nitrogens is 3. The van der Waals surface area contributed by atoms with Crippen LogP contribution in [0.4, 0.5) is 15.3 Å². The molecule has 2 aliphatic carbocycles. The lowest BCUT2D eigenvalue weighted by Crippen LogP contribution is -2.61. The van der Waals surface area contributed by atoms with E-state index in [4.69, 9.17) is 28.4 Å². The summed E-state index contributed by atoms with van der Waals surface area (Å²) < 4.78 is 36.2. The average molecular weight is 1420 g/mol. The number of aryl methyl sites for hydroxylation is 1. The van der Waals surface area contributed by atoms with Crippen LogP contribution in [0.1, 0.15) is 129 Å². The minimum absolute atomic E-state index is 0.0702. The number of amides is 8. The average Bonchev–Trinajstić information content (AvgIpc) is 1.65. The zero-order valence-electron chi connectivity index (χ0n) is 60.1. The standard InChI is InChI=1S/C70H105N11O20/c1-14-38(6)57(51(96-12)32-54(84)80-30-18-21-49(80)62(97-13)39(7)64(89)73-40(8)58(85)42-19-16-15-17-20-42)78(10)66(91)55(36(2)3)75-65(90)56(37(4)5)79(11)70(95)99-34-41-22-27-50(100-68-61(88)59(86)60(87)63(101-68)67(92)93)47(31-41)74-52(82)28-29-72-69(94)98-35-45-43-23-25-46-48(26-24-44(43)45)81(77-76-46)33-53(83)71-9/h15-17,19-20,22,27,31,36-40,43-45,49,51,55-63,68,85-88H,14,18,21,23-26,28-30,32-35H2,1-13H3,(H,71,83)(H,72,94)(H,73,89)(H,74,82)(H,75,90)(H,92,93)/t38-,39+,40+,43?,44?,45?,49-,51+,55-,56-,57-,58+,59-,60-,61?,62+,63?,68+/m0/s1. The molecule has 5 unspecified atom stereocenters. The number of aliphatic hydroxyl groups excluding tert-OH is 4. The number of aliphatic carboxylic acids is 1. The topological polar surface area (TPSA) is 411 Å². The van der Waals surface area contributed by atoms with Gasteiger partial charge in [-0.3, -0.25) is 33.7 Å². The molecule has 18 atom stereocenters. The van der Waals surface area contributed by atoms with Crippen LogP contribution in [0.25, 0.3) is 0 Å². The molecule has 7 rings (SSSR count). The van der Waals surface area contributed by atoms with Gasteiger partial charge in [0.15, 0.2) is 6.10 Å². The molecule has 0 spiro atoms. The van der Waals surface area contributed by atoms with Crippen molar-refractivity contribution in [1.29, 1.82) is 0 Å². The number of fused-ring (bicyclic) bond motifs is 2. The number of hydrogen-bond donors (Lipinski definition) is 10. The maximum atomic E-state index is 14.9. The number of aliphatic hydroxyl groups is 4. The van der Waals surface area contributed by atoms with Crippen molar-refractivity contribution < 1.29 is 97.1 Å². The Morgan fingerprint density at radius 2 is 1.50 bits per heavy atom.